The highest BCUT2D eigenvalue weighted by molar-refractivity contribution is 5.76. The molecule has 0 saturated carbocycles. The van der Waals surface area contributed by atoms with Gasteiger partial charge in [0, 0.05) is 45.7 Å². The fraction of sp³-hybridized carbons (Fsp3) is 0.500. The lowest BCUT2D eigenvalue weighted by Crippen LogP contribution is -2.30. The Morgan fingerprint density at radius 3 is 2.85 bits per heavy atom. The fourth-order valence-electron chi connectivity index (χ4n) is 3.02. The van der Waals surface area contributed by atoms with Crippen molar-refractivity contribution in [2.75, 3.05) is 38.8 Å². The molecule has 1 aliphatic heterocycles. The summed E-state index contributed by atoms with van der Waals surface area (Å²) >= 11 is 0. The summed E-state index contributed by atoms with van der Waals surface area (Å²) in [6.07, 6.45) is 5.26. The quantitative estimate of drug-likeness (QED) is 0.731. The second-order valence-corrected chi connectivity index (χ2v) is 6.73. The van der Waals surface area contributed by atoms with Crippen LogP contribution in [0.15, 0.2) is 30.7 Å². The van der Waals surface area contributed by atoms with Gasteiger partial charge in [0.15, 0.2) is 5.82 Å². The summed E-state index contributed by atoms with van der Waals surface area (Å²) in [6.45, 7) is 2.90. The van der Waals surface area contributed by atoms with E-state index in [1.54, 1.807) is 14.1 Å². The van der Waals surface area contributed by atoms with Crippen LogP contribution >= 0.6 is 0 Å². The van der Waals surface area contributed by atoms with Crippen LogP contribution in [0.3, 0.4) is 0 Å². The first kappa shape index (κ1) is 18.3. The number of carbonyl (C=O) groups excluding carboxylic acids is 1. The van der Waals surface area contributed by atoms with Gasteiger partial charge in [-0.1, -0.05) is 0 Å². The number of hydrogen-bond acceptors (Lipinski definition) is 5. The summed E-state index contributed by atoms with van der Waals surface area (Å²) in [4.78, 5) is 23.4. The maximum atomic E-state index is 13.1. The van der Waals surface area contributed by atoms with Crippen LogP contribution in [-0.4, -0.2) is 59.2 Å². The summed E-state index contributed by atoms with van der Waals surface area (Å²) in [5.41, 5.74) is 1.17. The molecule has 140 valence electrons. The molecule has 0 radical (unpaired) electrons. The number of fused-ring (bicyclic) bond motifs is 1. The van der Waals surface area contributed by atoms with Crippen molar-refractivity contribution >= 4 is 11.9 Å². The average Bonchev–Trinajstić information content (AvgIpc) is 2.97. The van der Waals surface area contributed by atoms with Gasteiger partial charge in [-0.25, -0.2) is 14.4 Å². The number of ether oxygens (including phenoxy) is 1. The van der Waals surface area contributed by atoms with E-state index in [1.165, 1.54) is 23.0 Å². The molecule has 0 fully saturated rings. The normalized spacial score (nSPS) is 16.9. The highest BCUT2D eigenvalue weighted by atomic mass is 19.1. The van der Waals surface area contributed by atoms with Gasteiger partial charge in [-0.05, 0) is 24.5 Å². The number of carbonyl (C=O) groups is 1. The molecule has 26 heavy (non-hydrogen) atoms. The molecule has 0 aromatic carbocycles. The second-order valence-electron chi connectivity index (χ2n) is 6.73. The molecular weight excluding hydrogens is 337 g/mol. The van der Waals surface area contributed by atoms with Gasteiger partial charge in [0.05, 0.1) is 18.9 Å². The number of nitrogens with zero attached hydrogens (tertiary/aromatic N) is 5. The van der Waals surface area contributed by atoms with E-state index >= 15 is 0 Å². The third kappa shape index (κ3) is 4.57. The van der Waals surface area contributed by atoms with Crippen LogP contribution in [0.1, 0.15) is 12.1 Å². The van der Waals surface area contributed by atoms with Gasteiger partial charge >= 0.3 is 0 Å². The molecule has 1 aliphatic rings. The molecule has 0 saturated heterocycles. The number of amides is 1. The van der Waals surface area contributed by atoms with Gasteiger partial charge in [0.25, 0.3) is 0 Å². The molecule has 0 unspecified atom stereocenters. The molecule has 0 N–H and O–H groups in total. The van der Waals surface area contributed by atoms with E-state index in [2.05, 4.69) is 31.7 Å². The van der Waals surface area contributed by atoms with Crippen LogP contribution in [0.5, 0.6) is 0 Å². The predicted octanol–water partition coefficient (Wildman–Crippen LogP) is 1.55. The molecule has 2 aromatic rings. The van der Waals surface area contributed by atoms with Crippen LogP contribution in [-0.2, 0) is 22.6 Å². The Morgan fingerprint density at radius 1 is 1.35 bits per heavy atom. The summed E-state index contributed by atoms with van der Waals surface area (Å²) < 4.78 is 20.9. The summed E-state index contributed by atoms with van der Waals surface area (Å²) in [7, 11) is 3.43. The highest BCUT2D eigenvalue weighted by Crippen LogP contribution is 2.22. The molecule has 7 nitrogen and oxygen atoms in total. The zero-order valence-electron chi connectivity index (χ0n) is 15.1. The number of rotatable bonds is 6. The Kier molecular flexibility index (Phi) is 5.82. The Morgan fingerprint density at radius 2 is 2.12 bits per heavy atom. The lowest BCUT2D eigenvalue weighted by molar-refractivity contribution is -0.133. The van der Waals surface area contributed by atoms with E-state index in [-0.39, 0.29) is 12.5 Å². The monoisotopic (exact) mass is 361 g/mol. The van der Waals surface area contributed by atoms with Crippen molar-refractivity contribution in [3.8, 4) is 0 Å². The van der Waals surface area contributed by atoms with Gasteiger partial charge in [-0.3, -0.25) is 4.79 Å². The second kappa shape index (κ2) is 8.27. The van der Waals surface area contributed by atoms with Crippen molar-refractivity contribution < 1.29 is 13.9 Å². The van der Waals surface area contributed by atoms with Crippen LogP contribution in [0, 0.1) is 11.7 Å². The molecule has 0 bridgehead atoms. The maximum absolute atomic E-state index is 13.1. The number of anilines is 1. The minimum absolute atomic E-state index is 0.0418. The summed E-state index contributed by atoms with van der Waals surface area (Å²) in [5.74, 6) is 0.351. The van der Waals surface area contributed by atoms with Gasteiger partial charge in [-0.15, -0.1) is 0 Å². The molecule has 3 heterocycles. The van der Waals surface area contributed by atoms with Gasteiger partial charge in [0.1, 0.15) is 6.61 Å². The van der Waals surface area contributed by atoms with Crippen molar-refractivity contribution in [1.82, 2.24) is 19.4 Å². The van der Waals surface area contributed by atoms with Gasteiger partial charge in [-0.2, -0.15) is 0 Å². The maximum Gasteiger partial charge on any atom is 0.248 e. The van der Waals surface area contributed by atoms with E-state index in [1.807, 2.05) is 6.07 Å². The van der Waals surface area contributed by atoms with Crippen LogP contribution in [0.2, 0.25) is 0 Å². The van der Waals surface area contributed by atoms with Crippen molar-refractivity contribution in [2.45, 2.75) is 19.5 Å². The van der Waals surface area contributed by atoms with Crippen molar-refractivity contribution in [3.05, 3.63) is 42.2 Å². The minimum Gasteiger partial charge on any atom is -0.372 e. The third-order valence-electron chi connectivity index (χ3n) is 4.49. The molecule has 3 rings (SSSR count). The van der Waals surface area contributed by atoms with Crippen molar-refractivity contribution in [2.24, 2.45) is 5.92 Å². The summed E-state index contributed by atoms with van der Waals surface area (Å²) in [6, 6.07) is 4.10. The van der Waals surface area contributed by atoms with Crippen LogP contribution < -0.4 is 4.90 Å². The summed E-state index contributed by atoms with van der Waals surface area (Å²) in [5, 5.41) is 0. The Balaban J connectivity index is 1.64. The Hall–Kier alpha value is -2.48. The molecule has 8 heteroatoms. The van der Waals surface area contributed by atoms with E-state index in [0.717, 1.165) is 19.5 Å². The zero-order valence-corrected chi connectivity index (χ0v) is 15.1. The first-order chi connectivity index (χ1) is 12.5. The molecule has 0 spiro atoms. The molecule has 0 aliphatic carbocycles. The predicted molar refractivity (Wildman–Crippen MR) is 95.1 cm³/mol. The number of halogens is 1. The number of hydrogen-bond donors (Lipinski definition) is 0. The number of aromatic nitrogens is 3. The minimum atomic E-state index is -0.442. The Bertz CT molecular complexity index is 731. The molecule has 1 amide bonds. The van der Waals surface area contributed by atoms with E-state index in [4.69, 9.17) is 4.74 Å². The highest BCUT2D eigenvalue weighted by Gasteiger charge is 2.23. The first-order valence-electron chi connectivity index (χ1n) is 8.67. The molecular formula is C18H24FN5O2. The zero-order chi connectivity index (χ0) is 18.5. The van der Waals surface area contributed by atoms with E-state index in [0.29, 0.717) is 25.0 Å². The van der Waals surface area contributed by atoms with Crippen molar-refractivity contribution in [3.63, 3.8) is 0 Å². The van der Waals surface area contributed by atoms with Crippen molar-refractivity contribution in [1.29, 1.82) is 0 Å². The molecule has 2 aromatic heterocycles. The van der Waals surface area contributed by atoms with Gasteiger partial charge < -0.3 is 19.1 Å². The topological polar surface area (TPSA) is 63.5 Å². The average molecular weight is 361 g/mol. The lowest BCUT2D eigenvalue weighted by Gasteiger charge is -2.24. The SMILES string of the molecule is CN(C)C(=O)COCC[C@H]1CN(c2ncc(F)cn2)Cc2cccn2C1. The third-order valence-corrected chi connectivity index (χ3v) is 4.49. The lowest BCUT2D eigenvalue weighted by atomic mass is 10.1. The van der Waals surface area contributed by atoms with Gasteiger partial charge in [0.2, 0.25) is 11.9 Å². The van der Waals surface area contributed by atoms with E-state index < -0.39 is 5.82 Å². The number of likely N-dealkylation sites (N-methyl/N-ethyl adjacent to an activating group) is 1. The molecule has 1 atom stereocenters. The fourth-order valence-corrected chi connectivity index (χ4v) is 3.02. The van der Waals surface area contributed by atoms with Crippen LogP contribution in [0.25, 0.3) is 0 Å². The largest absolute Gasteiger partial charge is 0.372 e. The van der Waals surface area contributed by atoms with Crippen LogP contribution in [0.4, 0.5) is 10.3 Å². The van der Waals surface area contributed by atoms with E-state index in [9.17, 15) is 9.18 Å². The smallest absolute Gasteiger partial charge is 0.248 e. The first-order valence-corrected chi connectivity index (χ1v) is 8.67. The Labute approximate surface area is 152 Å². The standard InChI is InChI=1S/C18H24FN5O2/c1-22(2)17(25)13-26-7-5-14-10-23-6-3-4-16(23)12-24(11-14)18-20-8-15(19)9-21-18/h3-4,6,8-9,14H,5,7,10-13H2,1-2H3/t14-/m1/s1.